The zero-order valence-electron chi connectivity index (χ0n) is 16.1. The summed E-state index contributed by atoms with van der Waals surface area (Å²) in [4.78, 5) is 38.5. The molecule has 154 valence electrons. The Morgan fingerprint density at radius 3 is 2.60 bits per heavy atom. The zero-order chi connectivity index (χ0) is 21.5. The van der Waals surface area contributed by atoms with E-state index in [4.69, 9.17) is 4.74 Å². The largest absolute Gasteiger partial charge is 0.452 e. The van der Waals surface area contributed by atoms with Crippen molar-refractivity contribution in [1.82, 2.24) is 4.90 Å². The molecular formula is C22H19FN2O4S. The summed E-state index contributed by atoms with van der Waals surface area (Å²) >= 11 is 1.31. The summed E-state index contributed by atoms with van der Waals surface area (Å²) in [6.07, 6.45) is 0. The third kappa shape index (κ3) is 5.74. The molecule has 0 unspecified atom stereocenters. The summed E-state index contributed by atoms with van der Waals surface area (Å²) in [6.45, 7) is -0.255. The predicted octanol–water partition coefficient (Wildman–Crippen LogP) is 3.95. The SMILES string of the molecule is CN(Cc1cccc(F)c1)C(=O)COC(=O)c1cccc(NC(=O)c2cccs2)c1. The Kier molecular flexibility index (Phi) is 6.92. The molecule has 1 N–H and O–H groups in total. The lowest BCUT2D eigenvalue weighted by Gasteiger charge is -2.17. The molecule has 2 aromatic carbocycles. The molecule has 0 aliphatic heterocycles. The number of esters is 1. The van der Waals surface area contributed by atoms with Crippen molar-refractivity contribution in [2.75, 3.05) is 19.0 Å². The van der Waals surface area contributed by atoms with Gasteiger partial charge in [-0.3, -0.25) is 9.59 Å². The molecule has 6 nitrogen and oxygen atoms in total. The van der Waals surface area contributed by atoms with E-state index in [1.54, 1.807) is 48.8 Å². The van der Waals surface area contributed by atoms with Crippen LogP contribution in [0.4, 0.5) is 10.1 Å². The normalized spacial score (nSPS) is 10.3. The molecule has 0 radical (unpaired) electrons. The highest BCUT2D eigenvalue weighted by atomic mass is 32.1. The molecule has 3 rings (SSSR count). The van der Waals surface area contributed by atoms with Crippen LogP contribution in [0.1, 0.15) is 25.6 Å². The molecule has 0 spiro atoms. The minimum atomic E-state index is -0.685. The maximum atomic E-state index is 13.3. The number of hydrogen-bond donors (Lipinski definition) is 1. The van der Waals surface area contributed by atoms with Crippen LogP contribution in [0.25, 0.3) is 0 Å². The van der Waals surface area contributed by atoms with Gasteiger partial charge in [0.25, 0.3) is 11.8 Å². The summed E-state index contributed by atoms with van der Waals surface area (Å²) in [5.74, 6) is -1.76. The number of rotatable bonds is 7. The van der Waals surface area contributed by atoms with Crippen LogP contribution < -0.4 is 5.32 Å². The van der Waals surface area contributed by atoms with Crippen LogP contribution in [-0.2, 0) is 16.1 Å². The van der Waals surface area contributed by atoms with Gasteiger partial charge in [0.1, 0.15) is 5.82 Å². The Hall–Kier alpha value is -3.52. The molecule has 0 atom stereocenters. The van der Waals surface area contributed by atoms with Crippen molar-refractivity contribution in [3.63, 3.8) is 0 Å². The molecule has 0 fully saturated rings. The van der Waals surface area contributed by atoms with E-state index in [9.17, 15) is 18.8 Å². The van der Waals surface area contributed by atoms with Crippen LogP contribution in [0, 0.1) is 5.82 Å². The molecule has 0 saturated carbocycles. The monoisotopic (exact) mass is 426 g/mol. The van der Waals surface area contributed by atoms with Crippen LogP contribution in [0.3, 0.4) is 0 Å². The predicted molar refractivity (Wildman–Crippen MR) is 112 cm³/mol. The highest BCUT2D eigenvalue weighted by Gasteiger charge is 2.15. The van der Waals surface area contributed by atoms with E-state index in [0.717, 1.165) is 0 Å². The lowest BCUT2D eigenvalue weighted by molar-refractivity contribution is -0.133. The Morgan fingerprint density at radius 1 is 1.07 bits per heavy atom. The van der Waals surface area contributed by atoms with E-state index in [2.05, 4.69) is 5.32 Å². The van der Waals surface area contributed by atoms with Crippen molar-refractivity contribution in [3.05, 3.63) is 87.9 Å². The maximum Gasteiger partial charge on any atom is 0.338 e. The number of carbonyl (C=O) groups is 3. The number of nitrogens with one attached hydrogen (secondary N) is 1. The third-order valence-electron chi connectivity index (χ3n) is 4.16. The van der Waals surface area contributed by atoms with Gasteiger partial charge >= 0.3 is 5.97 Å². The van der Waals surface area contributed by atoms with E-state index < -0.39 is 18.5 Å². The highest BCUT2D eigenvalue weighted by molar-refractivity contribution is 7.12. The molecule has 1 aromatic heterocycles. The molecule has 0 bridgehead atoms. The van der Waals surface area contributed by atoms with Gasteiger partial charge in [-0.05, 0) is 47.3 Å². The van der Waals surface area contributed by atoms with E-state index in [1.165, 1.54) is 40.5 Å². The van der Waals surface area contributed by atoms with Crippen LogP contribution in [-0.4, -0.2) is 36.3 Å². The summed E-state index contributed by atoms with van der Waals surface area (Å²) in [7, 11) is 1.54. The topological polar surface area (TPSA) is 75.7 Å². The number of likely N-dealkylation sites (N-methyl/N-ethyl adjacent to an activating group) is 1. The highest BCUT2D eigenvalue weighted by Crippen LogP contribution is 2.15. The van der Waals surface area contributed by atoms with Crippen molar-refractivity contribution >= 4 is 34.8 Å². The quantitative estimate of drug-likeness (QED) is 0.581. The minimum Gasteiger partial charge on any atom is -0.452 e. The number of thiophene rings is 1. The smallest absolute Gasteiger partial charge is 0.338 e. The molecule has 1 heterocycles. The second-order valence-electron chi connectivity index (χ2n) is 6.47. The molecule has 30 heavy (non-hydrogen) atoms. The Morgan fingerprint density at radius 2 is 1.87 bits per heavy atom. The number of benzene rings is 2. The summed E-state index contributed by atoms with van der Waals surface area (Å²) in [5, 5.41) is 4.51. The van der Waals surface area contributed by atoms with E-state index in [-0.39, 0.29) is 23.8 Å². The number of hydrogen-bond acceptors (Lipinski definition) is 5. The Labute approximate surface area is 176 Å². The fraction of sp³-hybridized carbons (Fsp3) is 0.136. The van der Waals surface area contributed by atoms with Gasteiger partial charge in [0.05, 0.1) is 10.4 Å². The average molecular weight is 426 g/mol. The minimum absolute atomic E-state index is 0.193. The standard InChI is InChI=1S/C22H19FN2O4S/c1-25(13-15-5-2-7-17(23)11-15)20(26)14-29-22(28)16-6-3-8-18(12-16)24-21(27)19-9-4-10-30-19/h2-12H,13-14H2,1H3,(H,24,27). The van der Waals surface area contributed by atoms with E-state index >= 15 is 0 Å². The molecule has 0 saturated heterocycles. The van der Waals surface area contributed by atoms with Gasteiger partial charge in [-0.1, -0.05) is 24.3 Å². The number of halogens is 1. The molecular weight excluding hydrogens is 407 g/mol. The fourth-order valence-electron chi connectivity index (χ4n) is 2.64. The lowest BCUT2D eigenvalue weighted by Crippen LogP contribution is -2.30. The lowest BCUT2D eigenvalue weighted by atomic mass is 10.2. The van der Waals surface area contributed by atoms with Crippen LogP contribution >= 0.6 is 11.3 Å². The van der Waals surface area contributed by atoms with Crippen LogP contribution in [0.15, 0.2) is 66.0 Å². The number of ether oxygens (including phenoxy) is 1. The summed E-state index contributed by atoms with van der Waals surface area (Å²) in [6, 6.07) is 15.7. The van der Waals surface area contributed by atoms with Crippen LogP contribution in [0.5, 0.6) is 0 Å². The molecule has 2 amide bonds. The number of carbonyl (C=O) groups excluding carboxylic acids is 3. The Balaban J connectivity index is 1.54. The maximum absolute atomic E-state index is 13.3. The van der Waals surface area contributed by atoms with Crippen molar-refractivity contribution in [3.8, 4) is 0 Å². The first-order valence-corrected chi connectivity index (χ1v) is 9.91. The molecule has 0 aliphatic carbocycles. The Bertz CT molecular complexity index is 1050. The van der Waals surface area contributed by atoms with Gasteiger partial charge in [-0.2, -0.15) is 0 Å². The molecule has 3 aromatic rings. The van der Waals surface area contributed by atoms with Crippen molar-refractivity contribution < 1.29 is 23.5 Å². The first kappa shape index (κ1) is 21.2. The number of anilines is 1. The van der Waals surface area contributed by atoms with E-state index in [1.807, 2.05) is 0 Å². The third-order valence-corrected chi connectivity index (χ3v) is 5.03. The van der Waals surface area contributed by atoms with Gasteiger partial charge in [0, 0.05) is 19.3 Å². The van der Waals surface area contributed by atoms with Crippen molar-refractivity contribution in [2.45, 2.75) is 6.54 Å². The second kappa shape index (κ2) is 9.80. The number of nitrogens with zero attached hydrogens (tertiary/aromatic N) is 1. The van der Waals surface area contributed by atoms with E-state index in [0.29, 0.717) is 16.1 Å². The summed E-state index contributed by atoms with van der Waals surface area (Å²) < 4.78 is 18.3. The summed E-state index contributed by atoms with van der Waals surface area (Å²) in [5.41, 5.74) is 1.28. The van der Waals surface area contributed by atoms with Crippen molar-refractivity contribution in [2.24, 2.45) is 0 Å². The number of amides is 2. The average Bonchev–Trinajstić information content (AvgIpc) is 3.27. The van der Waals surface area contributed by atoms with Gasteiger partial charge in [0.2, 0.25) is 0 Å². The zero-order valence-corrected chi connectivity index (χ0v) is 16.9. The second-order valence-corrected chi connectivity index (χ2v) is 7.42. The van der Waals surface area contributed by atoms with Gasteiger partial charge in [-0.15, -0.1) is 11.3 Å². The van der Waals surface area contributed by atoms with Crippen molar-refractivity contribution in [1.29, 1.82) is 0 Å². The first-order chi connectivity index (χ1) is 14.4. The first-order valence-electron chi connectivity index (χ1n) is 9.03. The molecule has 8 heteroatoms. The van der Waals surface area contributed by atoms with Crippen LogP contribution in [0.2, 0.25) is 0 Å². The fourth-order valence-corrected chi connectivity index (χ4v) is 3.26. The molecule has 0 aliphatic rings. The van der Waals surface area contributed by atoms with Gasteiger partial charge < -0.3 is 15.0 Å². The van der Waals surface area contributed by atoms with Gasteiger partial charge in [-0.25, -0.2) is 9.18 Å². The van der Waals surface area contributed by atoms with Gasteiger partial charge in [0.15, 0.2) is 6.61 Å².